The number of Topliss-reactive ketones (excluding diaryl/α,β-unsaturated/α-hetero) is 1. The molecule has 2 heteroatoms. The molecule has 0 unspecified atom stereocenters. The summed E-state index contributed by atoms with van der Waals surface area (Å²) in [6.45, 7) is 3.86. The summed E-state index contributed by atoms with van der Waals surface area (Å²) < 4.78 is 5.44. The fourth-order valence-corrected chi connectivity index (χ4v) is 1.67. The zero-order valence-corrected chi connectivity index (χ0v) is 6.18. The maximum Gasteiger partial charge on any atom is 0.171 e. The van der Waals surface area contributed by atoms with Crippen molar-refractivity contribution >= 4 is 5.78 Å². The Morgan fingerprint density at radius 1 is 1.80 bits per heavy atom. The standard InChI is InChI=1S/C8H10O2/c1-5-4-8(2)7(9)3-6(5)10-8/h4,6H,3H2,1-2H3/t6-,8-/m1/s1. The Hall–Kier alpha value is -0.630. The van der Waals surface area contributed by atoms with Crippen LogP contribution in [-0.2, 0) is 9.53 Å². The molecule has 2 bridgehead atoms. The van der Waals surface area contributed by atoms with Crippen molar-refractivity contribution in [2.75, 3.05) is 0 Å². The van der Waals surface area contributed by atoms with Gasteiger partial charge in [-0.05, 0) is 25.5 Å². The summed E-state index contributed by atoms with van der Waals surface area (Å²) >= 11 is 0. The molecule has 0 amide bonds. The largest absolute Gasteiger partial charge is 0.355 e. The van der Waals surface area contributed by atoms with Crippen LogP contribution in [0, 0.1) is 0 Å². The van der Waals surface area contributed by atoms with Crippen LogP contribution in [0.4, 0.5) is 0 Å². The van der Waals surface area contributed by atoms with Gasteiger partial charge >= 0.3 is 0 Å². The van der Waals surface area contributed by atoms with Crippen LogP contribution in [0.1, 0.15) is 20.3 Å². The average molecular weight is 138 g/mol. The smallest absolute Gasteiger partial charge is 0.171 e. The highest BCUT2D eigenvalue weighted by Gasteiger charge is 2.48. The minimum absolute atomic E-state index is 0.0949. The van der Waals surface area contributed by atoms with E-state index in [0.29, 0.717) is 6.42 Å². The summed E-state index contributed by atoms with van der Waals surface area (Å²) in [5, 5.41) is 0. The van der Waals surface area contributed by atoms with E-state index < -0.39 is 5.60 Å². The molecule has 0 N–H and O–H groups in total. The Morgan fingerprint density at radius 2 is 2.50 bits per heavy atom. The molecular weight excluding hydrogens is 128 g/mol. The Kier molecular flexibility index (Phi) is 0.920. The second-order valence-electron chi connectivity index (χ2n) is 3.23. The molecule has 54 valence electrons. The number of hydrogen-bond acceptors (Lipinski definition) is 2. The maximum atomic E-state index is 11.1. The summed E-state index contributed by atoms with van der Waals surface area (Å²) in [6, 6.07) is 0. The highest BCUT2D eigenvalue weighted by atomic mass is 16.5. The van der Waals surface area contributed by atoms with Gasteiger partial charge in [-0.2, -0.15) is 0 Å². The number of carbonyl (C=O) groups is 1. The highest BCUT2D eigenvalue weighted by molar-refractivity contribution is 5.93. The molecule has 2 nitrogen and oxygen atoms in total. The fourth-order valence-electron chi connectivity index (χ4n) is 1.67. The highest BCUT2D eigenvalue weighted by Crippen LogP contribution is 2.38. The van der Waals surface area contributed by atoms with Crippen molar-refractivity contribution in [1.29, 1.82) is 0 Å². The Balaban J connectivity index is 2.45. The van der Waals surface area contributed by atoms with E-state index in [4.69, 9.17) is 4.74 Å². The van der Waals surface area contributed by atoms with E-state index in [2.05, 4.69) is 0 Å². The quantitative estimate of drug-likeness (QED) is 0.468. The van der Waals surface area contributed by atoms with Crippen molar-refractivity contribution in [2.24, 2.45) is 0 Å². The lowest BCUT2D eigenvalue weighted by Crippen LogP contribution is -2.27. The van der Waals surface area contributed by atoms with Crippen molar-refractivity contribution < 1.29 is 9.53 Å². The lowest BCUT2D eigenvalue weighted by molar-refractivity contribution is -0.125. The second-order valence-corrected chi connectivity index (χ2v) is 3.23. The molecule has 1 saturated heterocycles. The maximum absolute atomic E-state index is 11.1. The van der Waals surface area contributed by atoms with Crippen LogP contribution in [0.15, 0.2) is 11.6 Å². The molecule has 0 spiro atoms. The Morgan fingerprint density at radius 3 is 2.80 bits per heavy atom. The lowest BCUT2D eigenvalue weighted by atomic mass is 9.91. The summed E-state index contributed by atoms with van der Waals surface area (Å²) in [7, 11) is 0. The molecule has 2 heterocycles. The monoisotopic (exact) mass is 138 g/mol. The minimum atomic E-state index is -0.561. The number of ketones is 1. The molecule has 1 fully saturated rings. The van der Waals surface area contributed by atoms with Crippen molar-refractivity contribution in [3.63, 3.8) is 0 Å². The van der Waals surface area contributed by atoms with E-state index in [-0.39, 0.29) is 11.9 Å². The third kappa shape index (κ3) is 0.548. The van der Waals surface area contributed by atoms with Gasteiger partial charge in [0.25, 0.3) is 0 Å². The van der Waals surface area contributed by atoms with E-state index in [1.165, 1.54) is 5.57 Å². The zero-order chi connectivity index (χ0) is 7.35. The van der Waals surface area contributed by atoms with Gasteiger partial charge in [0.05, 0.1) is 6.10 Å². The molecule has 0 aromatic heterocycles. The van der Waals surface area contributed by atoms with Gasteiger partial charge < -0.3 is 4.74 Å². The normalized spacial score (nSPS) is 44.4. The molecule has 0 aromatic rings. The van der Waals surface area contributed by atoms with Gasteiger partial charge in [-0.25, -0.2) is 0 Å². The van der Waals surface area contributed by atoms with Crippen LogP contribution in [0.2, 0.25) is 0 Å². The molecule has 0 saturated carbocycles. The molecule has 2 rings (SSSR count). The molecule has 2 aliphatic heterocycles. The third-order valence-corrected chi connectivity index (χ3v) is 2.32. The van der Waals surface area contributed by atoms with Gasteiger partial charge in [0, 0.05) is 6.42 Å². The lowest BCUT2D eigenvalue weighted by Gasteiger charge is -2.12. The molecule has 0 aliphatic carbocycles. The zero-order valence-electron chi connectivity index (χ0n) is 6.18. The number of carbonyl (C=O) groups excluding carboxylic acids is 1. The topological polar surface area (TPSA) is 26.3 Å². The van der Waals surface area contributed by atoms with Crippen molar-refractivity contribution in [3.05, 3.63) is 11.6 Å². The van der Waals surface area contributed by atoms with Crippen LogP contribution in [-0.4, -0.2) is 17.5 Å². The van der Waals surface area contributed by atoms with Gasteiger partial charge in [-0.1, -0.05) is 0 Å². The molecule has 2 aliphatic rings. The first-order chi connectivity index (χ1) is 4.62. The van der Waals surface area contributed by atoms with Crippen molar-refractivity contribution in [3.8, 4) is 0 Å². The van der Waals surface area contributed by atoms with Crippen LogP contribution < -0.4 is 0 Å². The van der Waals surface area contributed by atoms with E-state index in [1.54, 1.807) is 0 Å². The van der Waals surface area contributed by atoms with Crippen molar-refractivity contribution in [1.82, 2.24) is 0 Å². The van der Waals surface area contributed by atoms with E-state index in [9.17, 15) is 4.79 Å². The average Bonchev–Trinajstić information content (AvgIpc) is 2.20. The van der Waals surface area contributed by atoms with Gasteiger partial charge in [-0.3, -0.25) is 4.79 Å². The van der Waals surface area contributed by atoms with Gasteiger partial charge in [0.1, 0.15) is 5.60 Å². The van der Waals surface area contributed by atoms with Crippen molar-refractivity contribution in [2.45, 2.75) is 32.0 Å². The summed E-state index contributed by atoms with van der Waals surface area (Å²) in [5.41, 5.74) is 0.650. The number of ether oxygens (including phenoxy) is 1. The first kappa shape index (κ1) is 6.10. The molecule has 0 radical (unpaired) electrons. The second kappa shape index (κ2) is 1.51. The van der Waals surface area contributed by atoms with E-state index in [0.717, 1.165) is 0 Å². The van der Waals surface area contributed by atoms with Gasteiger partial charge in [-0.15, -0.1) is 0 Å². The predicted molar refractivity (Wildman–Crippen MR) is 36.7 cm³/mol. The molecular formula is C8H10O2. The molecule has 10 heavy (non-hydrogen) atoms. The van der Waals surface area contributed by atoms with E-state index >= 15 is 0 Å². The van der Waals surface area contributed by atoms with Crippen LogP contribution >= 0.6 is 0 Å². The Bertz CT molecular complexity index is 229. The first-order valence-corrected chi connectivity index (χ1v) is 3.52. The molecule has 0 aromatic carbocycles. The number of hydrogen-bond donors (Lipinski definition) is 0. The van der Waals surface area contributed by atoms with Crippen LogP contribution in [0.25, 0.3) is 0 Å². The predicted octanol–water partition coefficient (Wildman–Crippen LogP) is 1.06. The summed E-state index contributed by atoms with van der Waals surface area (Å²) in [5.74, 6) is 0.225. The van der Waals surface area contributed by atoms with Gasteiger partial charge in [0.15, 0.2) is 5.78 Å². The SMILES string of the molecule is CC1=C[C@@]2(C)O[C@@H]1CC2=O. The first-order valence-electron chi connectivity index (χ1n) is 3.52. The van der Waals surface area contributed by atoms with Crippen LogP contribution in [0.5, 0.6) is 0 Å². The van der Waals surface area contributed by atoms with Crippen LogP contribution in [0.3, 0.4) is 0 Å². The van der Waals surface area contributed by atoms with Gasteiger partial charge in [0.2, 0.25) is 0 Å². The summed E-state index contributed by atoms with van der Waals surface area (Å²) in [6.07, 6.45) is 2.61. The third-order valence-electron chi connectivity index (χ3n) is 2.32. The Labute approximate surface area is 59.9 Å². The minimum Gasteiger partial charge on any atom is -0.355 e. The number of rotatable bonds is 0. The van der Waals surface area contributed by atoms with E-state index in [1.807, 2.05) is 19.9 Å². The summed E-state index contributed by atoms with van der Waals surface area (Å²) in [4.78, 5) is 11.1. The molecule has 2 atom stereocenters. The number of fused-ring (bicyclic) bond motifs is 2. The fraction of sp³-hybridized carbons (Fsp3) is 0.625.